The molecule has 0 fully saturated rings. The van der Waals surface area contributed by atoms with Gasteiger partial charge in [0.2, 0.25) is 0 Å². The Bertz CT molecular complexity index is 368. The summed E-state index contributed by atoms with van der Waals surface area (Å²) in [7, 11) is 1.80. The SMILES string of the molecule is CCC[C@@H](C)N(C)C(=O)c1cc(Cl)ccn1. The molecule has 4 heteroatoms. The van der Waals surface area contributed by atoms with Crippen LogP contribution in [-0.2, 0) is 0 Å². The van der Waals surface area contributed by atoms with Crippen LogP contribution in [0, 0.1) is 0 Å². The molecule has 0 aliphatic heterocycles. The number of hydrogen-bond acceptors (Lipinski definition) is 2. The summed E-state index contributed by atoms with van der Waals surface area (Å²) in [5.74, 6) is -0.0801. The second-order valence-electron chi connectivity index (χ2n) is 3.91. The molecule has 1 atom stereocenters. The normalized spacial score (nSPS) is 12.2. The monoisotopic (exact) mass is 240 g/mol. The molecule has 1 aromatic heterocycles. The van der Waals surface area contributed by atoms with Crippen LogP contribution in [0.4, 0.5) is 0 Å². The highest BCUT2D eigenvalue weighted by molar-refractivity contribution is 6.30. The molecule has 3 nitrogen and oxygen atoms in total. The van der Waals surface area contributed by atoms with E-state index in [1.165, 1.54) is 0 Å². The molecule has 0 unspecified atom stereocenters. The zero-order chi connectivity index (χ0) is 12.1. The highest BCUT2D eigenvalue weighted by Crippen LogP contribution is 2.12. The number of halogens is 1. The van der Waals surface area contributed by atoms with Gasteiger partial charge < -0.3 is 4.90 Å². The summed E-state index contributed by atoms with van der Waals surface area (Å²) in [6.07, 6.45) is 3.60. The van der Waals surface area contributed by atoms with E-state index in [1.807, 2.05) is 6.92 Å². The average Bonchev–Trinajstić information content (AvgIpc) is 2.27. The Morgan fingerprint density at radius 3 is 2.88 bits per heavy atom. The van der Waals surface area contributed by atoms with Crippen molar-refractivity contribution in [3.05, 3.63) is 29.0 Å². The average molecular weight is 241 g/mol. The summed E-state index contributed by atoms with van der Waals surface area (Å²) in [5.41, 5.74) is 0.401. The minimum Gasteiger partial charge on any atom is -0.338 e. The smallest absolute Gasteiger partial charge is 0.272 e. The van der Waals surface area contributed by atoms with Crippen LogP contribution in [0.2, 0.25) is 5.02 Å². The molecule has 0 spiro atoms. The number of carbonyl (C=O) groups excluding carboxylic acids is 1. The first-order valence-corrected chi connectivity index (χ1v) is 5.82. The van der Waals surface area contributed by atoms with Gasteiger partial charge in [-0.05, 0) is 25.5 Å². The number of hydrogen-bond donors (Lipinski definition) is 0. The van der Waals surface area contributed by atoms with Crippen molar-refractivity contribution in [2.24, 2.45) is 0 Å². The van der Waals surface area contributed by atoms with Crippen molar-refractivity contribution >= 4 is 17.5 Å². The molecule has 0 N–H and O–H groups in total. The Balaban J connectivity index is 2.77. The fourth-order valence-electron chi connectivity index (χ4n) is 1.51. The predicted octanol–water partition coefficient (Wildman–Crippen LogP) is 3.00. The number of amides is 1. The molecule has 0 aliphatic rings. The fourth-order valence-corrected chi connectivity index (χ4v) is 1.67. The van der Waals surface area contributed by atoms with Crippen molar-refractivity contribution in [2.75, 3.05) is 7.05 Å². The molecule has 0 aliphatic carbocycles. The molecule has 1 aromatic rings. The van der Waals surface area contributed by atoms with Gasteiger partial charge in [0.25, 0.3) is 5.91 Å². The summed E-state index contributed by atoms with van der Waals surface area (Å²) >= 11 is 5.82. The summed E-state index contributed by atoms with van der Waals surface area (Å²) in [5, 5.41) is 0.537. The minimum atomic E-state index is -0.0801. The van der Waals surface area contributed by atoms with Crippen LogP contribution >= 0.6 is 11.6 Å². The standard InChI is InChI=1S/C12H17ClN2O/c1-4-5-9(2)15(3)12(16)11-8-10(13)6-7-14-11/h6-9H,4-5H2,1-3H3/t9-/m1/s1. The maximum absolute atomic E-state index is 12.0. The van der Waals surface area contributed by atoms with Gasteiger partial charge in [-0.3, -0.25) is 9.78 Å². The fraction of sp³-hybridized carbons (Fsp3) is 0.500. The van der Waals surface area contributed by atoms with E-state index >= 15 is 0 Å². The Morgan fingerprint density at radius 1 is 1.62 bits per heavy atom. The van der Waals surface area contributed by atoms with Crippen molar-refractivity contribution in [1.82, 2.24) is 9.88 Å². The summed E-state index contributed by atoms with van der Waals surface area (Å²) in [6.45, 7) is 4.14. The number of aromatic nitrogens is 1. The van der Waals surface area contributed by atoms with Gasteiger partial charge >= 0.3 is 0 Å². The second kappa shape index (κ2) is 5.85. The zero-order valence-corrected chi connectivity index (χ0v) is 10.7. The first-order valence-electron chi connectivity index (χ1n) is 5.45. The number of nitrogens with zero attached hydrogens (tertiary/aromatic N) is 2. The maximum atomic E-state index is 12.0. The molecular formula is C12H17ClN2O. The van der Waals surface area contributed by atoms with Gasteiger partial charge in [-0.25, -0.2) is 0 Å². The van der Waals surface area contributed by atoms with Gasteiger partial charge in [0.05, 0.1) is 0 Å². The number of carbonyl (C=O) groups is 1. The van der Waals surface area contributed by atoms with Gasteiger partial charge in [-0.2, -0.15) is 0 Å². The molecule has 1 amide bonds. The molecule has 0 aromatic carbocycles. The molecule has 16 heavy (non-hydrogen) atoms. The quantitative estimate of drug-likeness (QED) is 0.811. The Hall–Kier alpha value is -1.09. The van der Waals surface area contributed by atoms with Crippen LogP contribution < -0.4 is 0 Å². The van der Waals surface area contributed by atoms with Crippen molar-refractivity contribution in [3.63, 3.8) is 0 Å². The molecule has 1 heterocycles. The van der Waals surface area contributed by atoms with Gasteiger partial charge in [-0.1, -0.05) is 24.9 Å². The van der Waals surface area contributed by atoms with Gasteiger partial charge in [-0.15, -0.1) is 0 Å². The molecule has 0 saturated heterocycles. The van der Waals surface area contributed by atoms with E-state index in [-0.39, 0.29) is 11.9 Å². The third-order valence-electron chi connectivity index (χ3n) is 2.63. The lowest BCUT2D eigenvalue weighted by atomic mass is 10.1. The third-order valence-corrected chi connectivity index (χ3v) is 2.86. The molecule has 0 bridgehead atoms. The molecule has 1 rings (SSSR count). The van der Waals surface area contributed by atoms with E-state index < -0.39 is 0 Å². The van der Waals surface area contributed by atoms with Crippen molar-refractivity contribution in [3.8, 4) is 0 Å². The van der Waals surface area contributed by atoms with Crippen molar-refractivity contribution in [1.29, 1.82) is 0 Å². The van der Waals surface area contributed by atoms with E-state index in [1.54, 1.807) is 30.3 Å². The largest absolute Gasteiger partial charge is 0.338 e. The number of rotatable bonds is 4. The van der Waals surface area contributed by atoms with Crippen LogP contribution in [0.5, 0.6) is 0 Å². The van der Waals surface area contributed by atoms with Crippen molar-refractivity contribution in [2.45, 2.75) is 32.7 Å². The first-order chi connectivity index (χ1) is 7.56. The lowest BCUT2D eigenvalue weighted by Crippen LogP contribution is -2.35. The highest BCUT2D eigenvalue weighted by Gasteiger charge is 2.17. The predicted molar refractivity (Wildman–Crippen MR) is 65.7 cm³/mol. The third kappa shape index (κ3) is 3.20. The number of pyridine rings is 1. The molecule has 88 valence electrons. The summed E-state index contributed by atoms with van der Waals surface area (Å²) in [4.78, 5) is 17.8. The molecule has 0 radical (unpaired) electrons. The van der Waals surface area contributed by atoms with Crippen LogP contribution in [-0.4, -0.2) is 28.9 Å². The van der Waals surface area contributed by atoms with E-state index in [4.69, 9.17) is 11.6 Å². The zero-order valence-electron chi connectivity index (χ0n) is 9.90. The summed E-state index contributed by atoms with van der Waals surface area (Å²) < 4.78 is 0. The van der Waals surface area contributed by atoms with E-state index in [0.29, 0.717) is 10.7 Å². The molecule has 0 saturated carbocycles. The van der Waals surface area contributed by atoms with E-state index in [0.717, 1.165) is 12.8 Å². The first kappa shape index (κ1) is 13.0. The Morgan fingerprint density at radius 2 is 2.31 bits per heavy atom. The topological polar surface area (TPSA) is 33.2 Å². The van der Waals surface area contributed by atoms with E-state index in [9.17, 15) is 4.79 Å². The van der Waals surface area contributed by atoms with E-state index in [2.05, 4.69) is 11.9 Å². The van der Waals surface area contributed by atoms with Gasteiger partial charge in [0.1, 0.15) is 5.69 Å². The van der Waals surface area contributed by atoms with Gasteiger partial charge in [0.15, 0.2) is 0 Å². The summed E-state index contributed by atoms with van der Waals surface area (Å²) in [6, 6.07) is 3.48. The van der Waals surface area contributed by atoms with Gasteiger partial charge in [0, 0.05) is 24.3 Å². The highest BCUT2D eigenvalue weighted by atomic mass is 35.5. The minimum absolute atomic E-state index is 0.0801. The molecular weight excluding hydrogens is 224 g/mol. The van der Waals surface area contributed by atoms with Crippen LogP contribution in [0.1, 0.15) is 37.2 Å². The maximum Gasteiger partial charge on any atom is 0.272 e. The Labute approximate surface area is 101 Å². The van der Waals surface area contributed by atoms with Crippen LogP contribution in [0.3, 0.4) is 0 Å². The lowest BCUT2D eigenvalue weighted by Gasteiger charge is -2.24. The Kier molecular flexibility index (Phi) is 4.74. The lowest BCUT2D eigenvalue weighted by molar-refractivity contribution is 0.0731. The van der Waals surface area contributed by atoms with Crippen LogP contribution in [0.15, 0.2) is 18.3 Å². The van der Waals surface area contributed by atoms with Crippen molar-refractivity contribution < 1.29 is 4.79 Å². The van der Waals surface area contributed by atoms with Crippen LogP contribution in [0.25, 0.3) is 0 Å². The second-order valence-corrected chi connectivity index (χ2v) is 4.35.